The van der Waals surface area contributed by atoms with Crippen LogP contribution in [0.5, 0.6) is 0 Å². The van der Waals surface area contributed by atoms with Crippen LogP contribution in [-0.2, 0) is 11.2 Å². The monoisotopic (exact) mass is 261 g/mol. The van der Waals surface area contributed by atoms with Crippen LogP contribution in [0, 0.1) is 5.82 Å². The number of amides is 1. The molecule has 0 bridgehead atoms. The van der Waals surface area contributed by atoms with Crippen LogP contribution >= 0.6 is 0 Å². The number of H-pyrrole nitrogens is 1. The summed E-state index contributed by atoms with van der Waals surface area (Å²) >= 11 is 0. The Kier molecular flexibility index (Phi) is 4.28. The van der Waals surface area contributed by atoms with Crippen molar-refractivity contribution in [3.63, 3.8) is 0 Å². The van der Waals surface area contributed by atoms with E-state index in [1.54, 1.807) is 24.5 Å². The van der Waals surface area contributed by atoms with Crippen molar-refractivity contribution in [3.05, 3.63) is 53.9 Å². The molecule has 1 atom stereocenters. The normalized spacial score (nSPS) is 12.1. The van der Waals surface area contributed by atoms with Gasteiger partial charge in [0, 0.05) is 12.4 Å². The number of benzene rings is 1. The summed E-state index contributed by atoms with van der Waals surface area (Å²) in [5, 5.41) is 2.88. The summed E-state index contributed by atoms with van der Waals surface area (Å²) in [6.45, 7) is 1.97. The molecule has 5 heteroatoms. The summed E-state index contributed by atoms with van der Waals surface area (Å²) in [6, 6.07) is 5.92. The van der Waals surface area contributed by atoms with Crippen molar-refractivity contribution in [2.24, 2.45) is 0 Å². The molecule has 1 unspecified atom stereocenters. The van der Waals surface area contributed by atoms with Gasteiger partial charge in [0.05, 0.1) is 12.5 Å². The summed E-state index contributed by atoms with van der Waals surface area (Å²) in [6.07, 6.45) is 4.27. The van der Waals surface area contributed by atoms with E-state index in [4.69, 9.17) is 0 Å². The number of aromatic amines is 1. The van der Waals surface area contributed by atoms with Crippen molar-refractivity contribution in [3.8, 4) is 0 Å². The maximum Gasteiger partial charge on any atom is 0.225 e. The standard InChI is InChI=1S/C14H16FN3O/c1-2-12(14-16-6-7-17-14)18-13(19)9-10-4-3-5-11(15)8-10/h3-8,12H,2,9H2,1H3,(H,16,17)(H,18,19). The van der Waals surface area contributed by atoms with Gasteiger partial charge >= 0.3 is 0 Å². The fraction of sp³-hybridized carbons (Fsp3) is 0.286. The zero-order valence-corrected chi connectivity index (χ0v) is 10.7. The Hall–Kier alpha value is -2.17. The van der Waals surface area contributed by atoms with E-state index in [2.05, 4.69) is 15.3 Å². The van der Waals surface area contributed by atoms with E-state index in [9.17, 15) is 9.18 Å². The molecule has 1 heterocycles. The first-order chi connectivity index (χ1) is 9.19. The molecule has 2 N–H and O–H groups in total. The first kappa shape index (κ1) is 13.3. The van der Waals surface area contributed by atoms with Crippen LogP contribution in [0.25, 0.3) is 0 Å². The lowest BCUT2D eigenvalue weighted by molar-refractivity contribution is -0.121. The molecular formula is C14H16FN3O. The van der Waals surface area contributed by atoms with Crippen LogP contribution in [-0.4, -0.2) is 15.9 Å². The first-order valence-electron chi connectivity index (χ1n) is 6.22. The minimum atomic E-state index is -0.330. The molecule has 0 radical (unpaired) electrons. The van der Waals surface area contributed by atoms with E-state index in [1.165, 1.54) is 12.1 Å². The Labute approximate surface area is 111 Å². The quantitative estimate of drug-likeness (QED) is 0.868. The predicted molar refractivity (Wildman–Crippen MR) is 69.9 cm³/mol. The number of nitrogens with zero attached hydrogens (tertiary/aromatic N) is 1. The number of nitrogens with one attached hydrogen (secondary N) is 2. The van der Waals surface area contributed by atoms with Gasteiger partial charge in [-0.2, -0.15) is 0 Å². The fourth-order valence-electron chi connectivity index (χ4n) is 1.91. The molecule has 0 spiro atoms. The van der Waals surface area contributed by atoms with Gasteiger partial charge in [-0.3, -0.25) is 4.79 Å². The number of hydrogen-bond acceptors (Lipinski definition) is 2. The third-order valence-electron chi connectivity index (χ3n) is 2.85. The molecule has 0 saturated heterocycles. The van der Waals surface area contributed by atoms with E-state index < -0.39 is 0 Å². The van der Waals surface area contributed by atoms with Crippen molar-refractivity contribution >= 4 is 5.91 Å². The first-order valence-corrected chi connectivity index (χ1v) is 6.22. The molecule has 0 saturated carbocycles. The van der Waals surface area contributed by atoms with Gasteiger partial charge in [-0.1, -0.05) is 19.1 Å². The Morgan fingerprint density at radius 3 is 3.00 bits per heavy atom. The van der Waals surface area contributed by atoms with Crippen molar-refractivity contribution in [2.75, 3.05) is 0 Å². The molecule has 0 aliphatic carbocycles. The molecule has 100 valence electrons. The summed E-state index contributed by atoms with van der Waals surface area (Å²) in [5.74, 6) is 0.257. The highest BCUT2D eigenvalue weighted by Gasteiger charge is 2.14. The summed E-state index contributed by atoms with van der Waals surface area (Å²) in [4.78, 5) is 19.0. The van der Waals surface area contributed by atoms with Crippen molar-refractivity contribution < 1.29 is 9.18 Å². The molecule has 1 aromatic heterocycles. The van der Waals surface area contributed by atoms with Crippen LogP contribution < -0.4 is 5.32 Å². The SMILES string of the molecule is CCC(NC(=O)Cc1cccc(F)c1)c1ncc[nH]1. The Morgan fingerprint density at radius 2 is 2.37 bits per heavy atom. The topological polar surface area (TPSA) is 57.8 Å². The molecule has 0 aliphatic rings. The van der Waals surface area contributed by atoms with Crippen LogP contribution in [0.1, 0.15) is 30.8 Å². The van der Waals surface area contributed by atoms with E-state index >= 15 is 0 Å². The second-order valence-electron chi connectivity index (χ2n) is 4.31. The predicted octanol–water partition coefficient (Wildman–Crippen LogP) is 2.36. The number of aromatic nitrogens is 2. The number of carbonyl (C=O) groups excluding carboxylic acids is 1. The number of halogens is 1. The minimum absolute atomic E-state index is 0.143. The van der Waals surface area contributed by atoms with Crippen molar-refractivity contribution in [1.29, 1.82) is 0 Å². The lowest BCUT2D eigenvalue weighted by Crippen LogP contribution is -2.30. The Morgan fingerprint density at radius 1 is 1.53 bits per heavy atom. The van der Waals surface area contributed by atoms with Gasteiger partial charge in [0.2, 0.25) is 5.91 Å². The maximum absolute atomic E-state index is 13.0. The molecule has 0 fully saturated rings. The zero-order valence-electron chi connectivity index (χ0n) is 10.7. The van der Waals surface area contributed by atoms with Gasteiger partial charge in [0.15, 0.2) is 0 Å². The lowest BCUT2D eigenvalue weighted by atomic mass is 10.1. The van der Waals surface area contributed by atoms with Gasteiger partial charge in [-0.15, -0.1) is 0 Å². The van der Waals surface area contributed by atoms with Gasteiger partial charge in [0.25, 0.3) is 0 Å². The van der Waals surface area contributed by atoms with Crippen molar-refractivity contribution in [2.45, 2.75) is 25.8 Å². The number of carbonyl (C=O) groups is 1. The number of imidazole rings is 1. The molecule has 0 aliphatic heterocycles. The average Bonchev–Trinajstić information content (AvgIpc) is 2.89. The van der Waals surface area contributed by atoms with Gasteiger partial charge < -0.3 is 10.3 Å². The third kappa shape index (κ3) is 3.64. The highest BCUT2D eigenvalue weighted by molar-refractivity contribution is 5.78. The lowest BCUT2D eigenvalue weighted by Gasteiger charge is -2.14. The highest BCUT2D eigenvalue weighted by atomic mass is 19.1. The zero-order chi connectivity index (χ0) is 13.7. The summed E-state index contributed by atoms with van der Waals surface area (Å²) in [5.41, 5.74) is 0.659. The molecule has 1 aromatic carbocycles. The molecule has 4 nitrogen and oxygen atoms in total. The Bertz CT molecular complexity index is 539. The smallest absolute Gasteiger partial charge is 0.225 e. The van der Waals surface area contributed by atoms with Crippen LogP contribution in [0.2, 0.25) is 0 Å². The number of hydrogen-bond donors (Lipinski definition) is 2. The highest BCUT2D eigenvalue weighted by Crippen LogP contribution is 2.12. The second-order valence-corrected chi connectivity index (χ2v) is 4.31. The fourth-order valence-corrected chi connectivity index (χ4v) is 1.91. The van der Waals surface area contributed by atoms with Gasteiger partial charge in [-0.05, 0) is 24.1 Å². The summed E-state index contributed by atoms with van der Waals surface area (Å²) < 4.78 is 13.0. The Balaban J connectivity index is 1.97. The van der Waals surface area contributed by atoms with Crippen molar-refractivity contribution in [1.82, 2.24) is 15.3 Å². The van der Waals surface area contributed by atoms with Crippen LogP contribution in [0.3, 0.4) is 0 Å². The van der Waals surface area contributed by atoms with Gasteiger partial charge in [0.1, 0.15) is 11.6 Å². The largest absolute Gasteiger partial charge is 0.347 e. The van der Waals surface area contributed by atoms with Gasteiger partial charge in [-0.25, -0.2) is 9.37 Å². The molecular weight excluding hydrogens is 245 g/mol. The van der Waals surface area contributed by atoms with E-state index in [-0.39, 0.29) is 24.2 Å². The third-order valence-corrected chi connectivity index (χ3v) is 2.85. The van der Waals surface area contributed by atoms with E-state index in [0.717, 1.165) is 12.2 Å². The molecule has 2 rings (SSSR count). The maximum atomic E-state index is 13.0. The van der Waals surface area contributed by atoms with E-state index in [1.807, 2.05) is 6.92 Å². The average molecular weight is 261 g/mol. The van der Waals surface area contributed by atoms with E-state index in [0.29, 0.717) is 5.56 Å². The number of rotatable bonds is 5. The summed E-state index contributed by atoms with van der Waals surface area (Å²) in [7, 11) is 0. The second kappa shape index (κ2) is 6.13. The molecule has 1 amide bonds. The minimum Gasteiger partial charge on any atom is -0.347 e. The molecule has 2 aromatic rings. The van der Waals surface area contributed by atoms with Crippen LogP contribution in [0.15, 0.2) is 36.7 Å². The molecule has 19 heavy (non-hydrogen) atoms. The van der Waals surface area contributed by atoms with Crippen LogP contribution in [0.4, 0.5) is 4.39 Å².